The molecule has 130 valence electrons. The largest absolute Gasteiger partial charge is 0.481 e. The third kappa shape index (κ3) is 4.81. The van der Waals surface area contributed by atoms with Gasteiger partial charge < -0.3 is 15.0 Å². The second kappa shape index (κ2) is 7.95. The van der Waals surface area contributed by atoms with Crippen LogP contribution in [-0.2, 0) is 9.59 Å². The number of likely N-dealkylation sites (tertiary alicyclic amines) is 1. The van der Waals surface area contributed by atoms with E-state index < -0.39 is 6.10 Å². The molecule has 0 spiro atoms. The maximum Gasteiger partial charge on any atom is 0.261 e. The van der Waals surface area contributed by atoms with Gasteiger partial charge in [-0.1, -0.05) is 12.1 Å². The molecule has 0 unspecified atom stereocenters. The number of nitrogens with zero attached hydrogens (tertiary/aromatic N) is 1. The van der Waals surface area contributed by atoms with Crippen molar-refractivity contribution in [3.8, 4) is 5.75 Å². The van der Waals surface area contributed by atoms with Gasteiger partial charge in [-0.3, -0.25) is 14.4 Å². The number of hydrogen-bond donors (Lipinski definition) is 1. The zero-order valence-electron chi connectivity index (χ0n) is 14.4. The topological polar surface area (TPSA) is 75.7 Å². The van der Waals surface area contributed by atoms with Gasteiger partial charge in [-0.15, -0.1) is 0 Å². The summed E-state index contributed by atoms with van der Waals surface area (Å²) in [6.07, 6.45) is 0.780. The van der Waals surface area contributed by atoms with Crippen LogP contribution >= 0.6 is 0 Å². The first-order chi connectivity index (χ1) is 11.4. The van der Waals surface area contributed by atoms with Gasteiger partial charge in [-0.05, 0) is 39.3 Å². The third-order valence-electron chi connectivity index (χ3n) is 3.98. The fourth-order valence-electron chi connectivity index (χ4n) is 2.68. The van der Waals surface area contributed by atoms with E-state index in [1.165, 1.54) is 6.92 Å². The number of rotatable bonds is 7. The number of hydrogen-bond acceptors (Lipinski definition) is 4. The van der Waals surface area contributed by atoms with Gasteiger partial charge >= 0.3 is 0 Å². The summed E-state index contributed by atoms with van der Waals surface area (Å²) in [5.74, 6) is 0.318. The zero-order valence-corrected chi connectivity index (χ0v) is 14.4. The Morgan fingerprint density at radius 3 is 2.71 bits per heavy atom. The van der Waals surface area contributed by atoms with Gasteiger partial charge in [0.1, 0.15) is 5.75 Å². The molecule has 1 aromatic carbocycles. The minimum Gasteiger partial charge on any atom is -0.481 e. The van der Waals surface area contributed by atoms with Crippen LogP contribution in [0.1, 0.15) is 44.0 Å². The van der Waals surface area contributed by atoms with E-state index in [0.29, 0.717) is 24.3 Å². The number of amides is 2. The lowest BCUT2D eigenvalue weighted by molar-refractivity contribution is -0.130. The normalized spacial score (nSPS) is 16.6. The minimum atomic E-state index is -0.691. The van der Waals surface area contributed by atoms with Crippen molar-refractivity contribution < 1.29 is 19.1 Å². The lowest BCUT2D eigenvalue weighted by atomic mass is 10.1. The quantitative estimate of drug-likeness (QED) is 0.772. The molecule has 6 heteroatoms. The van der Waals surface area contributed by atoms with Crippen molar-refractivity contribution in [1.29, 1.82) is 0 Å². The van der Waals surface area contributed by atoms with Crippen LogP contribution in [0.2, 0.25) is 0 Å². The van der Waals surface area contributed by atoms with E-state index in [4.69, 9.17) is 4.74 Å². The second-order valence-corrected chi connectivity index (χ2v) is 6.20. The Labute approximate surface area is 142 Å². The highest BCUT2D eigenvalue weighted by Gasteiger charge is 2.24. The molecule has 2 rings (SSSR count). The fraction of sp³-hybridized carbons (Fsp3) is 0.500. The molecule has 2 amide bonds. The molecule has 1 N–H and O–H groups in total. The predicted octanol–water partition coefficient (Wildman–Crippen LogP) is 1.78. The van der Waals surface area contributed by atoms with Gasteiger partial charge in [-0.2, -0.15) is 0 Å². The molecule has 1 heterocycles. The van der Waals surface area contributed by atoms with Gasteiger partial charge in [0, 0.05) is 31.1 Å². The smallest absolute Gasteiger partial charge is 0.261 e. The van der Waals surface area contributed by atoms with Crippen LogP contribution < -0.4 is 10.1 Å². The molecule has 1 aliphatic heterocycles. The van der Waals surface area contributed by atoms with Crippen molar-refractivity contribution in [2.24, 2.45) is 0 Å². The summed E-state index contributed by atoms with van der Waals surface area (Å²) >= 11 is 0. The monoisotopic (exact) mass is 332 g/mol. The maximum atomic E-state index is 12.2. The molecule has 0 saturated carbocycles. The van der Waals surface area contributed by atoms with E-state index in [2.05, 4.69) is 5.32 Å². The second-order valence-electron chi connectivity index (χ2n) is 6.20. The number of benzene rings is 1. The summed E-state index contributed by atoms with van der Waals surface area (Å²) in [5.41, 5.74) is 0.543. The zero-order chi connectivity index (χ0) is 17.7. The summed E-state index contributed by atoms with van der Waals surface area (Å²) in [5, 5.41) is 2.86. The van der Waals surface area contributed by atoms with E-state index in [1.54, 1.807) is 36.1 Å². The number of carbonyl (C=O) groups is 3. The molecule has 1 saturated heterocycles. The number of ether oxygens (including phenoxy) is 1. The van der Waals surface area contributed by atoms with Crippen LogP contribution in [-0.4, -0.2) is 47.7 Å². The molecule has 2 atom stereocenters. The first-order valence-corrected chi connectivity index (χ1v) is 8.22. The van der Waals surface area contributed by atoms with Crippen LogP contribution in [0.25, 0.3) is 0 Å². The lowest BCUT2D eigenvalue weighted by Gasteiger charge is -2.23. The molecule has 0 radical (unpaired) electrons. The molecule has 24 heavy (non-hydrogen) atoms. The summed E-state index contributed by atoms with van der Waals surface area (Å²) < 4.78 is 5.61. The highest BCUT2D eigenvalue weighted by atomic mass is 16.5. The number of Topliss-reactive ketones (excluding diaryl/α,β-unsaturated/α-hetero) is 1. The van der Waals surface area contributed by atoms with Gasteiger partial charge in [0.15, 0.2) is 11.9 Å². The first-order valence-electron chi connectivity index (χ1n) is 8.22. The maximum absolute atomic E-state index is 12.2. The molecular formula is C18H24N2O4. The van der Waals surface area contributed by atoms with Crippen molar-refractivity contribution >= 4 is 17.6 Å². The van der Waals surface area contributed by atoms with E-state index in [-0.39, 0.29) is 23.6 Å². The van der Waals surface area contributed by atoms with E-state index in [1.807, 2.05) is 6.92 Å². The van der Waals surface area contributed by atoms with Crippen LogP contribution in [0.3, 0.4) is 0 Å². The molecular weight excluding hydrogens is 308 g/mol. The number of nitrogens with one attached hydrogen (secondary N) is 1. The van der Waals surface area contributed by atoms with Crippen molar-refractivity contribution in [1.82, 2.24) is 10.2 Å². The van der Waals surface area contributed by atoms with E-state index in [9.17, 15) is 14.4 Å². The van der Waals surface area contributed by atoms with Crippen LogP contribution in [0.4, 0.5) is 0 Å². The predicted molar refractivity (Wildman–Crippen MR) is 90.0 cm³/mol. The Bertz CT molecular complexity index is 629. The van der Waals surface area contributed by atoms with Crippen molar-refractivity contribution in [3.63, 3.8) is 0 Å². The van der Waals surface area contributed by atoms with Gasteiger partial charge in [0.05, 0.1) is 0 Å². The summed E-state index contributed by atoms with van der Waals surface area (Å²) in [6.45, 7) is 6.27. The highest BCUT2D eigenvalue weighted by Crippen LogP contribution is 2.15. The summed E-state index contributed by atoms with van der Waals surface area (Å²) in [7, 11) is 0. The lowest BCUT2D eigenvalue weighted by Crippen LogP contribution is -2.46. The van der Waals surface area contributed by atoms with Crippen molar-refractivity contribution in [3.05, 3.63) is 29.8 Å². The molecule has 0 bridgehead atoms. The van der Waals surface area contributed by atoms with Gasteiger partial charge in [0.2, 0.25) is 5.91 Å². The highest BCUT2D eigenvalue weighted by molar-refractivity contribution is 5.94. The Kier molecular flexibility index (Phi) is 5.95. The SMILES string of the molecule is CC(=O)c1cccc(O[C@@H](C)C(=O)N[C@@H](C)CN2CCCC2=O)c1. The van der Waals surface area contributed by atoms with Gasteiger partial charge in [-0.25, -0.2) is 0 Å². The molecule has 1 aromatic rings. The standard InChI is InChI=1S/C18H24N2O4/c1-12(11-20-9-5-8-17(20)22)19-18(23)14(3)24-16-7-4-6-15(10-16)13(2)21/h4,6-7,10,12,14H,5,8-9,11H2,1-3H3,(H,19,23)/t12-,14-/m0/s1. The fourth-order valence-corrected chi connectivity index (χ4v) is 2.68. The molecule has 0 aliphatic carbocycles. The Morgan fingerprint density at radius 2 is 2.08 bits per heavy atom. The van der Waals surface area contributed by atoms with E-state index >= 15 is 0 Å². The van der Waals surface area contributed by atoms with Crippen molar-refractivity contribution in [2.75, 3.05) is 13.1 Å². The molecule has 1 fully saturated rings. The average molecular weight is 332 g/mol. The number of ketones is 1. The Morgan fingerprint density at radius 1 is 1.33 bits per heavy atom. The van der Waals surface area contributed by atoms with Crippen LogP contribution in [0.15, 0.2) is 24.3 Å². The average Bonchev–Trinajstić information content (AvgIpc) is 2.92. The van der Waals surface area contributed by atoms with Gasteiger partial charge in [0.25, 0.3) is 5.91 Å². The third-order valence-corrected chi connectivity index (χ3v) is 3.98. The van der Waals surface area contributed by atoms with Crippen LogP contribution in [0.5, 0.6) is 5.75 Å². The van der Waals surface area contributed by atoms with Crippen molar-refractivity contribution in [2.45, 2.75) is 45.8 Å². The van der Waals surface area contributed by atoms with E-state index in [0.717, 1.165) is 13.0 Å². The Hall–Kier alpha value is -2.37. The number of carbonyl (C=O) groups excluding carboxylic acids is 3. The minimum absolute atomic E-state index is 0.0542. The summed E-state index contributed by atoms with van der Waals surface area (Å²) in [6, 6.07) is 6.61. The molecule has 1 aliphatic rings. The molecule has 6 nitrogen and oxygen atoms in total. The first kappa shape index (κ1) is 18.0. The summed E-state index contributed by atoms with van der Waals surface area (Å²) in [4.78, 5) is 37.0. The van der Waals surface area contributed by atoms with Crippen LogP contribution in [0, 0.1) is 0 Å². The Balaban J connectivity index is 1.86. The molecule has 0 aromatic heterocycles.